The van der Waals surface area contributed by atoms with Gasteiger partial charge in [-0.15, -0.1) is 11.3 Å². The zero-order chi connectivity index (χ0) is 16.5. The van der Waals surface area contributed by atoms with Crippen molar-refractivity contribution >= 4 is 17.3 Å². The fourth-order valence-corrected chi connectivity index (χ4v) is 2.81. The zero-order valence-electron chi connectivity index (χ0n) is 14.2. The van der Waals surface area contributed by atoms with Crippen molar-refractivity contribution in [2.24, 2.45) is 4.99 Å². The maximum Gasteiger partial charge on any atom is 0.191 e. The molecule has 2 N–H and O–H groups in total. The van der Waals surface area contributed by atoms with Gasteiger partial charge in [0, 0.05) is 17.6 Å². The number of hydrogen-bond donors (Lipinski definition) is 2. The summed E-state index contributed by atoms with van der Waals surface area (Å²) in [4.78, 5) is 10.2. The van der Waals surface area contributed by atoms with Crippen molar-refractivity contribution in [2.75, 3.05) is 6.54 Å². The van der Waals surface area contributed by atoms with E-state index in [1.54, 1.807) is 11.3 Å². The smallest absolute Gasteiger partial charge is 0.191 e. The highest BCUT2D eigenvalue weighted by molar-refractivity contribution is 7.11. The Morgan fingerprint density at radius 1 is 1.17 bits per heavy atom. The van der Waals surface area contributed by atoms with Gasteiger partial charge in [0.05, 0.1) is 18.1 Å². The van der Waals surface area contributed by atoms with Gasteiger partial charge in [-0.25, -0.2) is 9.98 Å². The van der Waals surface area contributed by atoms with Gasteiger partial charge in [-0.2, -0.15) is 0 Å². The maximum absolute atomic E-state index is 4.70. The van der Waals surface area contributed by atoms with E-state index in [1.165, 1.54) is 22.4 Å². The lowest BCUT2D eigenvalue weighted by Gasteiger charge is -2.11. The molecular formula is C18H26N4S. The lowest BCUT2D eigenvalue weighted by Crippen LogP contribution is -2.37. The third-order valence-electron chi connectivity index (χ3n) is 3.46. The molecule has 0 unspecified atom stereocenters. The highest BCUT2D eigenvalue weighted by atomic mass is 32.1. The van der Waals surface area contributed by atoms with Crippen LogP contribution in [0.3, 0.4) is 0 Å². The molecule has 0 spiro atoms. The van der Waals surface area contributed by atoms with Crippen molar-refractivity contribution in [1.82, 2.24) is 15.6 Å². The lowest BCUT2D eigenvalue weighted by molar-refractivity contribution is 0.726. The van der Waals surface area contributed by atoms with Crippen molar-refractivity contribution in [3.63, 3.8) is 0 Å². The van der Waals surface area contributed by atoms with Crippen LogP contribution in [-0.4, -0.2) is 17.5 Å². The Morgan fingerprint density at radius 2 is 1.96 bits per heavy atom. The molecule has 0 atom stereocenters. The summed E-state index contributed by atoms with van der Waals surface area (Å²) in [6.07, 6.45) is 4.24. The monoisotopic (exact) mass is 330 g/mol. The first-order chi connectivity index (χ1) is 11.2. The Balaban J connectivity index is 1.94. The molecule has 124 valence electrons. The van der Waals surface area contributed by atoms with Gasteiger partial charge in [-0.05, 0) is 25.8 Å². The molecule has 5 heteroatoms. The molecule has 0 aliphatic rings. The number of aromatic nitrogens is 1. The zero-order valence-corrected chi connectivity index (χ0v) is 15.0. The van der Waals surface area contributed by atoms with Crippen molar-refractivity contribution in [3.05, 3.63) is 51.5 Å². The lowest BCUT2D eigenvalue weighted by atomic mass is 10.1. The van der Waals surface area contributed by atoms with Gasteiger partial charge in [0.25, 0.3) is 0 Å². The number of unbranched alkanes of at least 4 members (excludes halogenated alkanes) is 1. The van der Waals surface area contributed by atoms with Crippen LogP contribution in [-0.2, 0) is 13.1 Å². The number of nitrogens with zero attached hydrogens (tertiary/aromatic N) is 2. The van der Waals surface area contributed by atoms with Crippen LogP contribution in [0, 0.1) is 13.8 Å². The normalized spacial score (nSPS) is 11.5. The molecule has 1 aromatic carbocycles. The highest BCUT2D eigenvalue weighted by Crippen LogP contribution is 2.10. The number of benzene rings is 1. The minimum atomic E-state index is 0.684. The molecule has 0 radical (unpaired) electrons. The third kappa shape index (κ3) is 6.40. The summed E-state index contributed by atoms with van der Waals surface area (Å²) in [6.45, 7) is 8.71. The molecule has 1 heterocycles. The molecule has 0 saturated heterocycles. The molecule has 1 aromatic heterocycles. The summed E-state index contributed by atoms with van der Waals surface area (Å²) in [7, 11) is 0. The number of rotatable bonds is 7. The predicted octanol–water partition coefficient (Wildman–Crippen LogP) is 3.80. The Labute approximate surface area is 143 Å². The summed E-state index contributed by atoms with van der Waals surface area (Å²) in [6, 6.07) is 8.52. The van der Waals surface area contributed by atoms with Crippen molar-refractivity contribution in [1.29, 1.82) is 0 Å². The van der Waals surface area contributed by atoms with E-state index in [4.69, 9.17) is 4.99 Å². The fraction of sp³-hybridized carbons (Fsp3) is 0.444. The molecular weight excluding hydrogens is 304 g/mol. The molecule has 0 aliphatic heterocycles. The predicted molar refractivity (Wildman–Crippen MR) is 98.9 cm³/mol. The number of aliphatic imine (C=N–C) groups is 1. The maximum atomic E-state index is 4.70. The Hall–Kier alpha value is -1.88. The molecule has 0 bridgehead atoms. The molecule has 2 aromatic rings. The van der Waals surface area contributed by atoms with Gasteiger partial charge in [0.15, 0.2) is 5.96 Å². The number of hydrogen-bond acceptors (Lipinski definition) is 3. The van der Waals surface area contributed by atoms with Gasteiger partial charge in [-0.3, -0.25) is 0 Å². The van der Waals surface area contributed by atoms with E-state index in [0.717, 1.165) is 30.5 Å². The molecule has 0 amide bonds. The number of guanidine groups is 1. The minimum Gasteiger partial charge on any atom is -0.356 e. The van der Waals surface area contributed by atoms with E-state index in [0.29, 0.717) is 6.54 Å². The topological polar surface area (TPSA) is 49.3 Å². The highest BCUT2D eigenvalue weighted by Gasteiger charge is 2.02. The average molecular weight is 331 g/mol. The Kier molecular flexibility index (Phi) is 7.07. The SMILES string of the molecule is CCCCNC(=NCc1ccc(C)cc1)NCc1cnc(C)s1. The van der Waals surface area contributed by atoms with Crippen LogP contribution in [0.4, 0.5) is 0 Å². The summed E-state index contributed by atoms with van der Waals surface area (Å²) in [5.41, 5.74) is 2.50. The van der Waals surface area contributed by atoms with Crippen molar-refractivity contribution in [2.45, 2.75) is 46.7 Å². The number of aryl methyl sites for hydroxylation is 2. The van der Waals surface area contributed by atoms with Crippen molar-refractivity contribution in [3.8, 4) is 0 Å². The minimum absolute atomic E-state index is 0.684. The molecule has 4 nitrogen and oxygen atoms in total. The van der Waals surface area contributed by atoms with Crippen molar-refractivity contribution < 1.29 is 0 Å². The molecule has 0 saturated carbocycles. The second kappa shape index (κ2) is 9.30. The first-order valence-corrected chi connectivity index (χ1v) is 8.98. The first-order valence-electron chi connectivity index (χ1n) is 8.16. The molecule has 23 heavy (non-hydrogen) atoms. The van der Waals surface area contributed by atoms with E-state index >= 15 is 0 Å². The van der Waals surface area contributed by atoms with Gasteiger partial charge in [0.2, 0.25) is 0 Å². The largest absolute Gasteiger partial charge is 0.356 e. The summed E-state index contributed by atoms with van der Waals surface area (Å²) in [5, 5.41) is 7.90. The number of nitrogens with one attached hydrogen (secondary N) is 2. The van der Waals surface area contributed by atoms with Gasteiger partial charge in [-0.1, -0.05) is 43.2 Å². The van der Waals surface area contributed by atoms with Crippen LogP contribution in [0.5, 0.6) is 0 Å². The summed E-state index contributed by atoms with van der Waals surface area (Å²) in [5.74, 6) is 0.866. The number of thiazole rings is 1. The van der Waals surface area contributed by atoms with E-state index in [1.807, 2.05) is 13.1 Å². The quantitative estimate of drug-likeness (QED) is 0.461. The van der Waals surface area contributed by atoms with E-state index in [2.05, 4.69) is 53.7 Å². The van der Waals surface area contributed by atoms with Crippen LogP contribution in [0.2, 0.25) is 0 Å². The standard InChI is InChI=1S/C18H26N4S/c1-4-5-10-19-18(22-13-17-12-20-15(3)23-17)21-11-16-8-6-14(2)7-9-16/h6-9,12H,4-5,10-11,13H2,1-3H3,(H2,19,21,22). The third-order valence-corrected chi connectivity index (χ3v) is 4.38. The molecule has 2 rings (SSSR count). The van der Waals surface area contributed by atoms with Gasteiger partial charge in [0.1, 0.15) is 0 Å². The van der Waals surface area contributed by atoms with Gasteiger partial charge >= 0.3 is 0 Å². The van der Waals surface area contributed by atoms with Crippen LogP contribution in [0.1, 0.15) is 40.8 Å². The van der Waals surface area contributed by atoms with E-state index < -0.39 is 0 Å². The second-order valence-corrected chi connectivity index (χ2v) is 6.95. The van der Waals surface area contributed by atoms with E-state index in [-0.39, 0.29) is 0 Å². The van der Waals surface area contributed by atoms with Crippen LogP contribution < -0.4 is 10.6 Å². The fourth-order valence-electron chi connectivity index (χ4n) is 2.08. The van der Waals surface area contributed by atoms with Crippen LogP contribution in [0.15, 0.2) is 35.5 Å². The Morgan fingerprint density at radius 3 is 2.61 bits per heavy atom. The molecule has 0 fully saturated rings. The van der Waals surface area contributed by atoms with E-state index in [9.17, 15) is 0 Å². The second-order valence-electron chi connectivity index (χ2n) is 5.63. The molecule has 0 aliphatic carbocycles. The van der Waals surface area contributed by atoms with Crippen LogP contribution >= 0.6 is 11.3 Å². The average Bonchev–Trinajstić information content (AvgIpc) is 2.96. The van der Waals surface area contributed by atoms with Crippen LogP contribution in [0.25, 0.3) is 0 Å². The Bertz CT molecular complexity index is 616. The van der Waals surface area contributed by atoms with Gasteiger partial charge < -0.3 is 10.6 Å². The summed E-state index contributed by atoms with van der Waals surface area (Å²) < 4.78 is 0. The first kappa shape index (κ1) is 17.5. The summed E-state index contributed by atoms with van der Waals surface area (Å²) >= 11 is 1.72.